The summed E-state index contributed by atoms with van der Waals surface area (Å²) < 4.78 is 13.2. The SMILES string of the molecule is CC1CN(Cc2ccc(F)cc2C(N)=S)CCS1. The first-order valence-electron chi connectivity index (χ1n) is 5.98. The molecule has 18 heavy (non-hydrogen) atoms. The number of hydrogen-bond donors (Lipinski definition) is 1. The van der Waals surface area contributed by atoms with E-state index in [1.54, 1.807) is 6.07 Å². The van der Waals surface area contributed by atoms with Crippen LogP contribution >= 0.6 is 24.0 Å². The molecule has 2 N–H and O–H groups in total. The molecule has 1 aromatic carbocycles. The third-order valence-electron chi connectivity index (χ3n) is 3.06. The molecule has 1 unspecified atom stereocenters. The summed E-state index contributed by atoms with van der Waals surface area (Å²) >= 11 is 6.98. The quantitative estimate of drug-likeness (QED) is 0.863. The van der Waals surface area contributed by atoms with E-state index < -0.39 is 0 Å². The zero-order chi connectivity index (χ0) is 13.1. The van der Waals surface area contributed by atoms with Gasteiger partial charge in [-0.3, -0.25) is 4.90 Å². The Labute approximate surface area is 117 Å². The minimum Gasteiger partial charge on any atom is -0.389 e. The van der Waals surface area contributed by atoms with Gasteiger partial charge in [-0.2, -0.15) is 11.8 Å². The van der Waals surface area contributed by atoms with Crippen LogP contribution in [0.3, 0.4) is 0 Å². The lowest BCUT2D eigenvalue weighted by Gasteiger charge is -2.31. The van der Waals surface area contributed by atoms with E-state index >= 15 is 0 Å². The molecule has 1 aromatic rings. The molecule has 1 fully saturated rings. The highest BCUT2D eigenvalue weighted by Crippen LogP contribution is 2.21. The average molecular weight is 284 g/mol. The first-order chi connectivity index (χ1) is 8.56. The Morgan fingerprint density at radius 1 is 1.61 bits per heavy atom. The maximum Gasteiger partial charge on any atom is 0.123 e. The highest BCUT2D eigenvalue weighted by Gasteiger charge is 2.18. The molecule has 0 saturated carbocycles. The van der Waals surface area contributed by atoms with Gasteiger partial charge in [0.25, 0.3) is 0 Å². The van der Waals surface area contributed by atoms with E-state index in [0.717, 1.165) is 31.0 Å². The summed E-state index contributed by atoms with van der Waals surface area (Å²) in [6.07, 6.45) is 0. The van der Waals surface area contributed by atoms with Crippen molar-refractivity contribution in [3.05, 3.63) is 35.1 Å². The molecule has 1 atom stereocenters. The fraction of sp³-hybridized carbons (Fsp3) is 0.462. The standard InChI is InChI=1S/C13H17FN2S2/c1-9-7-16(4-5-18-9)8-10-2-3-11(14)6-12(10)13(15)17/h2-3,6,9H,4-5,7-8H2,1H3,(H2,15,17). The average Bonchev–Trinajstić information content (AvgIpc) is 2.31. The van der Waals surface area contributed by atoms with Gasteiger partial charge in [0.1, 0.15) is 10.8 Å². The summed E-state index contributed by atoms with van der Waals surface area (Å²) in [5.74, 6) is 0.856. The number of benzene rings is 1. The first kappa shape index (κ1) is 13.8. The summed E-state index contributed by atoms with van der Waals surface area (Å²) in [6, 6.07) is 4.69. The Morgan fingerprint density at radius 3 is 3.06 bits per heavy atom. The van der Waals surface area contributed by atoms with Crippen LogP contribution in [0.5, 0.6) is 0 Å². The second kappa shape index (κ2) is 5.99. The monoisotopic (exact) mass is 284 g/mol. The van der Waals surface area contributed by atoms with E-state index in [4.69, 9.17) is 18.0 Å². The van der Waals surface area contributed by atoms with Gasteiger partial charge >= 0.3 is 0 Å². The topological polar surface area (TPSA) is 29.3 Å². The van der Waals surface area contributed by atoms with Crippen molar-refractivity contribution in [2.75, 3.05) is 18.8 Å². The number of rotatable bonds is 3. The van der Waals surface area contributed by atoms with E-state index in [1.807, 2.05) is 11.8 Å². The summed E-state index contributed by atoms with van der Waals surface area (Å²) in [7, 11) is 0. The Kier molecular flexibility index (Phi) is 4.59. The smallest absolute Gasteiger partial charge is 0.123 e. The van der Waals surface area contributed by atoms with Crippen LogP contribution in [0.25, 0.3) is 0 Å². The second-order valence-electron chi connectivity index (χ2n) is 4.58. The van der Waals surface area contributed by atoms with Gasteiger partial charge in [0.2, 0.25) is 0 Å². The maximum atomic E-state index is 13.2. The van der Waals surface area contributed by atoms with Gasteiger partial charge in [-0.15, -0.1) is 0 Å². The van der Waals surface area contributed by atoms with E-state index in [-0.39, 0.29) is 10.8 Å². The van der Waals surface area contributed by atoms with Gasteiger partial charge < -0.3 is 5.73 Å². The largest absolute Gasteiger partial charge is 0.389 e. The van der Waals surface area contributed by atoms with E-state index in [9.17, 15) is 4.39 Å². The molecule has 0 radical (unpaired) electrons. The molecule has 1 aliphatic heterocycles. The molecular formula is C13H17FN2S2. The van der Waals surface area contributed by atoms with Crippen LogP contribution in [0.4, 0.5) is 4.39 Å². The Bertz CT molecular complexity index is 451. The fourth-order valence-electron chi connectivity index (χ4n) is 2.19. The Balaban J connectivity index is 2.15. The molecule has 5 heteroatoms. The van der Waals surface area contributed by atoms with Gasteiger partial charge in [0, 0.05) is 36.2 Å². The molecule has 1 aliphatic rings. The number of halogens is 1. The van der Waals surface area contributed by atoms with Gasteiger partial charge in [0.05, 0.1) is 0 Å². The minimum atomic E-state index is -0.288. The van der Waals surface area contributed by atoms with E-state index in [0.29, 0.717) is 10.8 Å². The van der Waals surface area contributed by atoms with Crippen LogP contribution in [0.15, 0.2) is 18.2 Å². The van der Waals surface area contributed by atoms with Gasteiger partial charge in [-0.05, 0) is 17.7 Å². The molecule has 0 aliphatic carbocycles. The lowest BCUT2D eigenvalue weighted by atomic mass is 10.1. The van der Waals surface area contributed by atoms with Crippen molar-refractivity contribution in [3.8, 4) is 0 Å². The molecule has 98 valence electrons. The molecule has 0 amide bonds. The minimum absolute atomic E-state index is 0.268. The summed E-state index contributed by atoms with van der Waals surface area (Å²) in [5, 5.41) is 0.646. The Morgan fingerprint density at radius 2 is 2.39 bits per heavy atom. The number of thioether (sulfide) groups is 1. The van der Waals surface area contributed by atoms with Crippen molar-refractivity contribution < 1.29 is 4.39 Å². The predicted molar refractivity (Wildman–Crippen MR) is 79.5 cm³/mol. The third kappa shape index (κ3) is 3.43. The molecular weight excluding hydrogens is 267 g/mol. The second-order valence-corrected chi connectivity index (χ2v) is 6.57. The molecule has 2 rings (SSSR count). The number of nitrogens with zero attached hydrogens (tertiary/aromatic N) is 1. The van der Waals surface area contributed by atoms with E-state index in [1.165, 1.54) is 12.1 Å². The molecule has 0 aromatic heterocycles. The number of hydrogen-bond acceptors (Lipinski definition) is 3. The van der Waals surface area contributed by atoms with Crippen molar-refractivity contribution in [3.63, 3.8) is 0 Å². The number of nitrogens with two attached hydrogens (primary N) is 1. The van der Waals surface area contributed by atoms with Crippen LogP contribution < -0.4 is 5.73 Å². The molecule has 0 spiro atoms. The number of thiocarbonyl (C=S) groups is 1. The van der Waals surface area contributed by atoms with Crippen molar-refractivity contribution in [2.24, 2.45) is 5.73 Å². The van der Waals surface area contributed by atoms with Crippen LogP contribution in [-0.4, -0.2) is 34.0 Å². The van der Waals surface area contributed by atoms with Crippen LogP contribution in [0, 0.1) is 5.82 Å². The van der Waals surface area contributed by atoms with Crippen LogP contribution in [0.2, 0.25) is 0 Å². The van der Waals surface area contributed by atoms with Crippen molar-refractivity contribution in [1.29, 1.82) is 0 Å². The fourth-order valence-corrected chi connectivity index (χ4v) is 3.46. The zero-order valence-electron chi connectivity index (χ0n) is 10.4. The third-order valence-corrected chi connectivity index (χ3v) is 4.41. The summed E-state index contributed by atoms with van der Waals surface area (Å²) in [6.45, 7) is 5.13. The van der Waals surface area contributed by atoms with Crippen LogP contribution in [0.1, 0.15) is 18.1 Å². The highest BCUT2D eigenvalue weighted by molar-refractivity contribution is 7.99. The van der Waals surface area contributed by atoms with Gasteiger partial charge in [-0.25, -0.2) is 4.39 Å². The van der Waals surface area contributed by atoms with Crippen molar-refractivity contribution >= 4 is 29.0 Å². The summed E-state index contributed by atoms with van der Waals surface area (Å²) in [5.41, 5.74) is 7.34. The lowest BCUT2D eigenvalue weighted by molar-refractivity contribution is 0.278. The van der Waals surface area contributed by atoms with Gasteiger partial charge in [-0.1, -0.05) is 25.2 Å². The van der Waals surface area contributed by atoms with Crippen molar-refractivity contribution in [1.82, 2.24) is 4.90 Å². The predicted octanol–water partition coefficient (Wildman–Crippen LogP) is 2.40. The Hall–Kier alpha value is -0.650. The molecule has 2 nitrogen and oxygen atoms in total. The maximum absolute atomic E-state index is 13.2. The molecule has 0 bridgehead atoms. The van der Waals surface area contributed by atoms with Crippen LogP contribution in [-0.2, 0) is 6.54 Å². The van der Waals surface area contributed by atoms with E-state index in [2.05, 4.69) is 11.8 Å². The zero-order valence-corrected chi connectivity index (χ0v) is 12.0. The summed E-state index contributed by atoms with van der Waals surface area (Å²) in [4.78, 5) is 2.64. The lowest BCUT2D eigenvalue weighted by Crippen LogP contribution is -2.36. The molecule has 1 saturated heterocycles. The highest BCUT2D eigenvalue weighted by atomic mass is 32.2. The first-order valence-corrected chi connectivity index (χ1v) is 7.44. The normalized spacial score (nSPS) is 20.9. The van der Waals surface area contributed by atoms with Crippen molar-refractivity contribution in [2.45, 2.75) is 18.7 Å². The molecule has 1 heterocycles. The van der Waals surface area contributed by atoms with Gasteiger partial charge in [0.15, 0.2) is 0 Å².